The number of benzene rings is 1. The number of nitrogen functional groups attached to an aromatic ring is 1. The minimum atomic E-state index is -0.343. The van der Waals surface area contributed by atoms with Crippen LogP contribution >= 0.6 is 0 Å². The van der Waals surface area contributed by atoms with E-state index in [0.717, 1.165) is 6.42 Å². The molecule has 8 heteroatoms. The lowest BCUT2D eigenvalue weighted by Crippen LogP contribution is -2.37. The van der Waals surface area contributed by atoms with Crippen molar-refractivity contribution in [2.45, 2.75) is 12.8 Å². The van der Waals surface area contributed by atoms with Gasteiger partial charge in [-0.25, -0.2) is 9.07 Å². The Labute approximate surface area is 152 Å². The van der Waals surface area contributed by atoms with E-state index in [9.17, 15) is 9.65 Å². The summed E-state index contributed by atoms with van der Waals surface area (Å²) in [7, 11) is 1.69. The molecule has 0 amide bonds. The number of aliphatic imine (C=N–C) groups is 1. The van der Waals surface area contributed by atoms with Gasteiger partial charge < -0.3 is 16.4 Å². The number of nitrogens with two attached hydrogens (primary N) is 1. The highest BCUT2D eigenvalue weighted by atomic mass is 19.1. The van der Waals surface area contributed by atoms with Gasteiger partial charge in [0.25, 0.3) is 0 Å². The van der Waals surface area contributed by atoms with Gasteiger partial charge in [-0.05, 0) is 37.1 Å². The van der Waals surface area contributed by atoms with Crippen molar-refractivity contribution in [1.29, 1.82) is 5.26 Å². The molecular formula is C18H22FN7. The van der Waals surface area contributed by atoms with E-state index in [1.807, 2.05) is 0 Å². The van der Waals surface area contributed by atoms with Gasteiger partial charge in [0, 0.05) is 20.1 Å². The summed E-state index contributed by atoms with van der Waals surface area (Å²) in [6, 6.07) is 7.90. The van der Waals surface area contributed by atoms with Gasteiger partial charge in [0.15, 0.2) is 5.96 Å². The number of aromatic nitrogens is 2. The molecule has 4 N–H and O–H groups in total. The summed E-state index contributed by atoms with van der Waals surface area (Å²) in [6.07, 6.45) is 3.06. The molecule has 0 saturated carbocycles. The van der Waals surface area contributed by atoms with Crippen LogP contribution in [0.2, 0.25) is 0 Å². The van der Waals surface area contributed by atoms with Crippen molar-refractivity contribution in [3.05, 3.63) is 54.0 Å². The fourth-order valence-corrected chi connectivity index (χ4v) is 2.41. The second-order valence-corrected chi connectivity index (χ2v) is 5.48. The summed E-state index contributed by atoms with van der Waals surface area (Å²) in [5.74, 6) is 0.594. The van der Waals surface area contributed by atoms with Crippen LogP contribution in [0.25, 0.3) is 5.69 Å². The third kappa shape index (κ3) is 4.60. The predicted molar refractivity (Wildman–Crippen MR) is 101 cm³/mol. The molecule has 0 bridgehead atoms. The van der Waals surface area contributed by atoms with Crippen LogP contribution in [0.1, 0.15) is 17.7 Å². The summed E-state index contributed by atoms with van der Waals surface area (Å²) < 4.78 is 14.6. The zero-order valence-electron chi connectivity index (χ0n) is 14.7. The molecule has 26 heavy (non-hydrogen) atoms. The van der Waals surface area contributed by atoms with Crippen LogP contribution in [-0.4, -0.2) is 35.9 Å². The number of nitrogens with zero attached hydrogens (tertiary/aromatic N) is 4. The average Bonchev–Trinajstić information content (AvgIpc) is 2.97. The van der Waals surface area contributed by atoms with Crippen molar-refractivity contribution < 1.29 is 4.39 Å². The molecule has 0 aliphatic carbocycles. The van der Waals surface area contributed by atoms with Crippen LogP contribution in [-0.2, 0) is 6.42 Å². The number of nitrogens with one attached hydrogen (secondary N) is 2. The number of aryl methyl sites for hydroxylation is 1. The fraction of sp³-hybridized carbons (Fsp3) is 0.278. The van der Waals surface area contributed by atoms with Crippen LogP contribution in [0, 0.1) is 17.1 Å². The van der Waals surface area contributed by atoms with E-state index in [2.05, 4.69) is 33.4 Å². The van der Waals surface area contributed by atoms with Crippen molar-refractivity contribution >= 4 is 11.8 Å². The average molecular weight is 355 g/mol. The largest absolute Gasteiger partial charge is 0.382 e. The zero-order valence-corrected chi connectivity index (χ0v) is 14.7. The summed E-state index contributed by atoms with van der Waals surface area (Å²) in [5, 5.41) is 20.1. The minimum absolute atomic E-state index is 0.255. The van der Waals surface area contributed by atoms with E-state index in [0.29, 0.717) is 42.4 Å². The van der Waals surface area contributed by atoms with Gasteiger partial charge in [-0.2, -0.15) is 10.4 Å². The van der Waals surface area contributed by atoms with Crippen molar-refractivity contribution in [3.8, 4) is 11.8 Å². The number of guanidine groups is 1. The Balaban J connectivity index is 2.03. The Hall–Kier alpha value is -3.34. The molecular weight excluding hydrogens is 333 g/mol. The molecule has 2 rings (SSSR count). The van der Waals surface area contributed by atoms with Gasteiger partial charge >= 0.3 is 0 Å². The highest BCUT2D eigenvalue weighted by Gasteiger charge is 2.16. The third-order valence-electron chi connectivity index (χ3n) is 3.70. The molecule has 0 saturated heterocycles. The van der Waals surface area contributed by atoms with Crippen molar-refractivity contribution in [2.24, 2.45) is 4.99 Å². The SMILES string of the molecule is C=CCNC(=NC)NCCCc1nn(-c2ccc(F)cc2)c(N)c1C#N. The highest BCUT2D eigenvalue weighted by molar-refractivity contribution is 5.79. The first kappa shape index (κ1) is 19.0. The lowest BCUT2D eigenvalue weighted by atomic mass is 10.1. The lowest BCUT2D eigenvalue weighted by molar-refractivity contribution is 0.627. The Kier molecular flexibility index (Phi) is 6.74. The summed E-state index contributed by atoms with van der Waals surface area (Å²) in [4.78, 5) is 4.09. The van der Waals surface area contributed by atoms with Crippen LogP contribution in [0.4, 0.5) is 10.2 Å². The van der Waals surface area contributed by atoms with Crippen LogP contribution in [0.3, 0.4) is 0 Å². The number of hydrogen-bond acceptors (Lipinski definition) is 4. The van der Waals surface area contributed by atoms with E-state index < -0.39 is 0 Å². The highest BCUT2D eigenvalue weighted by Crippen LogP contribution is 2.21. The van der Waals surface area contributed by atoms with Gasteiger partial charge in [0.05, 0.1) is 11.4 Å². The zero-order chi connectivity index (χ0) is 18.9. The Bertz CT molecular complexity index is 815. The van der Waals surface area contributed by atoms with Crippen molar-refractivity contribution in [2.75, 3.05) is 25.9 Å². The normalized spacial score (nSPS) is 11.0. The minimum Gasteiger partial charge on any atom is -0.382 e. The first-order valence-corrected chi connectivity index (χ1v) is 8.19. The van der Waals surface area contributed by atoms with E-state index in [1.54, 1.807) is 25.3 Å². The molecule has 0 radical (unpaired) electrons. The van der Waals surface area contributed by atoms with Crippen molar-refractivity contribution in [1.82, 2.24) is 20.4 Å². The van der Waals surface area contributed by atoms with E-state index in [1.165, 1.54) is 16.8 Å². The number of nitriles is 1. The van der Waals surface area contributed by atoms with Gasteiger partial charge in [0.1, 0.15) is 23.3 Å². The van der Waals surface area contributed by atoms with E-state index in [4.69, 9.17) is 5.73 Å². The molecule has 0 spiro atoms. The second kappa shape index (κ2) is 9.22. The van der Waals surface area contributed by atoms with Gasteiger partial charge in [-0.1, -0.05) is 6.08 Å². The topological polar surface area (TPSA) is 104 Å². The second-order valence-electron chi connectivity index (χ2n) is 5.48. The summed E-state index contributed by atoms with van der Waals surface area (Å²) >= 11 is 0. The molecule has 1 aromatic heterocycles. The van der Waals surface area contributed by atoms with Gasteiger partial charge in [-0.15, -0.1) is 6.58 Å². The Morgan fingerprint density at radius 2 is 2.15 bits per heavy atom. The summed E-state index contributed by atoms with van der Waals surface area (Å²) in [5.41, 5.74) is 7.62. The quantitative estimate of drug-likeness (QED) is 0.304. The number of anilines is 1. The standard InChI is InChI=1S/C18H22FN7/c1-3-10-23-18(22-2)24-11-4-5-16-15(12-20)17(21)26(25-16)14-8-6-13(19)7-9-14/h3,6-9H,1,4-5,10-11,21H2,2H3,(H2,22,23,24). The van der Waals surface area contributed by atoms with Gasteiger partial charge in [-0.3, -0.25) is 4.99 Å². The number of halogens is 1. The number of rotatable bonds is 7. The molecule has 0 aliphatic heterocycles. The molecule has 0 unspecified atom stereocenters. The molecule has 0 atom stereocenters. The van der Waals surface area contributed by atoms with Crippen LogP contribution in [0.5, 0.6) is 0 Å². The smallest absolute Gasteiger partial charge is 0.191 e. The number of hydrogen-bond donors (Lipinski definition) is 3. The molecule has 0 aliphatic rings. The molecule has 136 valence electrons. The maximum Gasteiger partial charge on any atom is 0.191 e. The first-order valence-electron chi connectivity index (χ1n) is 8.19. The molecule has 1 heterocycles. The van der Waals surface area contributed by atoms with Crippen LogP contribution in [0.15, 0.2) is 41.9 Å². The Morgan fingerprint density at radius 3 is 2.77 bits per heavy atom. The Morgan fingerprint density at radius 1 is 1.42 bits per heavy atom. The van der Waals surface area contributed by atoms with E-state index >= 15 is 0 Å². The van der Waals surface area contributed by atoms with Crippen LogP contribution < -0.4 is 16.4 Å². The third-order valence-corrected chi connectivity index (χ3v) is 3.70. The van der Waals surface area contributed by atoms with Gasteiger partial charge in [0.2, 0.25) is 0 Å². The molecule has 7 nitrogen and oxygen atoms in total. The maximum atomic E-state index is 13.1. The maximum absolute atomic E-state index is 13.1. The molecule has 0 fully saturated rings. The van der Waals surface area contributed by atoms with Crippen molar-refractivity contribution in [3.63, 3.8) is 0 Å². The molecule has 1 aromatic carbocycles. The first-order chi connectivity index (χ1) is 12.6. The predicted octanol–water partition coefficient (Wildman–Crippen LogP) is 1.75. The molecule has 2 aromatic rings. The fourth-order valence-electron chi connectivity index (χ4n) is 2.41. The van der Waals surface area contributed by atoms with E-state index in [-0.39, 0.29) is 11.6 Å². The monoisotopic (exact) mass is 355 g/mol. The lowest BCUT2D eigenvalue weighted by Gasteiger charge is -2.09. The summed E-state index contributed by atoms with van der Waals surface area (Å²) in [6.45, 7) is 4.92.